The van der Waals surface area contributed by atoms with Gasteiger partial charge in [-0.05, 0) is 62.6 Å². The van der Waals surface area contributed by atoms with E-state index in [1.165, 1.54) is 5.56 Å². The van der Waals surface area contributed by atoms with Crippen molar-refractivity contribution in [1.82, 2.24) is 4.98 Å². The number of aromatic nitrogens is 1. The van der Waals surface area contributed by atoms with Crippen LogP contribution in [0.2, 0.25) is 0 Å². The van der Waals surface area contributed by atoms with Gasteiger partial charge in [-0.15, -0.1) is 0 Å². The van der Waals surface area contributed by atoms with Crippen LogP contribution in [-0.2, 0) is 4.74 Å². The number of hydrogen-bond acceptors (Lipinski definition) is 4. The molecule has 2 heterocycles. The molecule has 160 valence electrons. The Labute approximate surface area is 184 Å². The number of nitrogens with zero attached hydrogens (tertiary/aromatic N) is 2. The Hall–Kier alpha value is -3.18. The van der Waals surface area contributed by atoms with Gasteiger partial charge in [0.05, 0.1) is 24.1 Å². The molecule has 0 unspecified atom stereocenters. The van der Waals surface area contributed by atoms with E-state index in [1.54, 1.807) is 6.20 Å². The largest absolute Gasteiger partial charge is 0.372 e. The highest BCUT2D eigenvalue weighted by Crippen LogP contribution is 2.27. The van der Waals surface area contributed by atoms with Gasteiger partial charge in [-0.3, -0.25) is 4.79 Å². The van der Waals surface area contributed by atoms with E-state index in [0.29, 0.717) is 11.3 Å². The molecular formula is C26H29N3O2. The van der Waals surface area contributed by atoms with Crippen molar-refractivity contribution in [3.63, 3.8) is 0 Å². The van der Waals surface area contributed by atoms with Gasteiger partial charge < -0.3 is 15.0 Å². The third-order valence-corrected chi connectivity index (χ3v) is 5.69. The molecule has 1 N–H and O–H groups in total. The average Bonchev–Trinajstić information content (AvgIpc) is 2.74. The summed E-state index contributed by atoms with van der Waals surface area (Å²) in [4.78, 5) is 19.8. The minimum atomic E-state index is -0.130. The standard InChI is InChI=1S/C26H29N3O2/c1-17-8-10-21(11-9-17)23-6-5-7-24(20(23)4)26(30)28-22-12-13-25(27-14-22)29-15-18(2)31-19(3)16-29/h5-14,18-19H,15-16H2,1-4H3,(H,28,30)/t18-,19+. The zero-order valence-electron chi connectivity index (χ0n) is 18.6. The molecule has 0 bridgehead atoms. The fourth-order valence-electron chi connectivity index (χ4n) is 4.14. The van der Waals surface area contributed by atoms with Gasteiger partial charge in [0, 0.05) is 18.7 Å². The van der Waals surface area contributed by atoms with E-state index < -0.39 is 0 Å². The molecule has 1 aliphatic rings. The van der Waals surface area contributed by atoms with Gasteiger partial charge in [0.15, 0.2) is 0 Å². The van der Waals surface area contributed by atoms with Gasteiger partial charge in [-0.25, -0.2) is 4.98 Å². The first-order chi connectivity index (χ1) is 14.9. The van der Waals surface area contributed by atoms with E-state index in [4.69, 9.17) is 4.74 Å². The van der Waals surface area contributed by atoms with Gasteiger partial charge in [-0.2, -0.15) is 0 Å². The van der Waals surface area contributed by atoms with Gasteiger partial charge in [0.2, 0.25) is 0 Å². The van der Waals surface area contributed by atoms with E-state index in [0.717, 1.165) is 35.6 Å². The van der Waals surface area contributed by atoms with Crippen LogP contribution in [0, 0.1) is 13.8 Å². The predicted molar refractivity (Wildman–Crippen MR) is 126 cm³/mol. The quantitative estimate of drug-likeness (QED) is 0.634. The fraction of sp³-hybridized carbons (Fsp3) is 0.308. The summed E-state index contributed by atoms with van der Waals surface area (Å²) in [6, 6.07) is 18.1. The number of carbonyl (C=O) groups excluding carboxylic acids is 1. The molecule has 5 heteroatoms. The third kappa shape index (κ3) is 4.78. The molecule has 2 aromatic carbocycles. The van der Waals surface area contributed by atoms with Crippen LogP contribution < -0.4 is 10.2 Å². The molecule has 0 spiro atoms. The second-order valence-corrected chi connectivity index (χ2v) is 8.37. The Balaban J connectivity index is 1.50. The Kier molecular flexibility index (Phi) is 6.05. The van der Waals surface area contributed by atoms with E-state index in [9.17, 15) is 4.79 Å². The summed E-state index contributed by atoms with van der Waals surface area (Å²) in [7, 11) is 0. The first-order valence-corrected chi connectivity index (χ1v) is 10.7. The number of ether oxygens (including phenoxy) is 1. The average molecular weight is 416 g/mol. The van der Waals surface area contributed by atoms with E-state index in [2.05, 4.69) is 66.3 Å². The molecule has 1 amide bonds. The lowest BCUT2D eigenvalue weighted by atomic mass is 9.95. The topological polar surface area (TPSA) is 54.5 Å². The molecule has 3 aromatic rings. The van der Waals surface area contributed by atoms with Gasteiger partial charge >= 0.3 is 0 Å². The molecule has 5 nitrogen and oxygen atoms in total. The monoisotopic (exact) mass is 415 g/mol. The lowest BCUT2D eigenvalue weighted by Gasteiger charge is -2.36. The van der Waals surface area contributed by atoms with Crippen molar-refractivity contribution in [2.24, 2.45) is 0 Å². The van der Waals surface area contributed by atoms with Crippen molar-refractivity contribution < 1.29 is 9.53 Å². The minimum absolute atomic E-state index is 0.130. The molecule has 31 heavy (non-hydrogen) atoms. The Morgan fingerprint density at radius 2 is 1.71 bits per heavy atom. The Bertz CT molecular complexity index is 1050. The fourth-order valence-corrected chi connectivity index (χ4v) is 4.14. The first kappa shape index (κ1) is 21.1. The molecule has 0 saturated carbocycles. The van der Waals surface area contributed by atoms with Crippen LogP contribution in [0.4, 0.5) is 11.5 Å². The number of pyridine rings is 1. The van der Waals surface area contributed by atoms with Crippen molar-refractivity contribution in [1.29, 1.82) is 0 Å². The molecule has 1 aromatic heterocycles. The van der Waals surface area contributed by atoms with Crippen LogP contribution in [0.3, 0.4) is 0 Å². The van der Waals surface area contributed by atoms with E-state index >= 15 is 0 Å². The maximum atomic E-state index is 13.0. The number of benzene rings is 2. The maximum absolute atomic E-state index is 13.0. The normalized spacial score (nSPS) is 18.6. The van der Waals surface area contributed by atoms with Crippen LogP contribution in [0.25, 0.3) is 11.1 Å². The summed E-state index contributed by atoms with van der Waals surface area (Å²) in [6.07, 6.45) is 2.07. The van der Waals surface area contributed by atoms with Crippen molar-refractivity contribution in [3.05, 3.63) is 77.5 Å². The van der Waals surface area contributed by atoms with Gasteiger partial charge in [-0.1, -0.05) is 42.0 Å². The van der Waals surface area contributed by atoms with Crippen molar-refractivity contribution in [3.8, 4) is 11.1 Å². The summed E-state index contributed by atoms with van der Waals surface area (Å²) in [5.41, 5.74) is 5.70. The van der Waals surface area contributed by atoms with Crippen molar-refractivity contribution >= 4 is 17.4 Å². The molecule has 0 radical (unpaired) electrons. The minimum Gasteiger partial charge on any atom is -0.372 e. The molecule has 1 aliphatic heterocycles. The van der Waals surface area contributed by atoms with Crippen LogP contribution >= 0.6 is 0 Å². The second-order valence-electron chi connectivity index (χ2n) is 8.37. The molecule has 1 fully saturated rings. The van der Waals surface area contributed by atoms with Gasteiger partial charge in [0.1, 0.15) is 5.82 Å². The smallest absolute Gasteiger partial charge is 0.255 e. The highest BCUT2D eigenvalue weighted by atomic mass is 16.5. The van der Waals surface area contributed by atoms with Crippen molar-refractivity contribution in [2.75, 3.05) is 23.3 Å². The summed E-state index contributed by atoms with van der Waals surface area (Å²) in [5.74, 6) is 0.771. The summed E-state index contributed by atoms with van der Waals surface area (Å²) in [6.45, 7) is 9.84. The van der Waals surface area contributed by atoms with Crippen LogP contribution in [-0.4, -0.2) is 36.2 Å². The number of hydrogen-bond donors (Lipinski definition) is 1. The van der Waals surface area contributed by atoms with E-state index in [1.807, 2.05) is 31.2 Å². The van der Waals surface area contributed by atoms with Crippen LogP contribution in [0.5, 0.6) is 0 Å². The molecule has 2 atom stereocenters. The number of nitrogens with one attached hydrogen (secondary N) is 1. The molecular weight excluding hydrogens is 386 g/mol. The summed E-state index contributed by atoms with van der Waals surface area (Å²) >= 11 is 0. The number of morpholine rings is 1. The molecule has 0 aliphatic carbocycles. The zero-order chi connectivity index (χ0) is 22.0. The van der Waals surface area contributed by atoms with E-state index in [-0.39, 0.29) is 18.1 Å². The molecule has 1 saturated heterocycles. The Morgan fingerprint density at radius 3 is 2.35 bits per heavy atom. The first-order valence-electron chi connectivity index (χ1n) is 10.7. The Morgan fingerprint density at radius 1 is 1.00 bits per heavy atom. The lowest BCUT2D eigenvalue weighted by Crippen LogP contribution is -2.45. The summed E-state index contributed by atoms with van der Waals surface area (Å²) in [5, 5.41) is 2.99. The molecule has 4 rings (SSSR count). The zero-order valence-corrected chi connectivity index (χ0v) is 18.6. The highest BCUT2D eigenvalue weighted by molar-refractivity contribution is 6.06. The number of amides is 1. The van der Waals surface area contributed by atoms with Gasteiger partial charge in [0.25, 0.3) is 5.91 Å². The second kappa shape index (κ2) is 8.90. The number of carbonyl (C=O) groups is 1. The summed E-state index contributed by atoms with van der Waals surface area (Å²) < 4.78 is 5.80. The number of anilines is 2. The highest BCUT2D eigenvalue weighted by Gasteiger charge is 2.23. The lowest BCUT2D eigenvalue weighted by molar-refractivity contribution is -0.00545. The third-order valence-electron chi connectivity index (χ3n) is 5.69. The van der Waals surface area contributed by atoms with Crippen molar-refractivity contribution in [2.45, 2.75) is 39.9 Å². The predicted octanol–water partition coefficient (Wildman–Crippen LogP) is 5.23. The SMILES string of the molecule is Cc1ccc(-c2cccc(C(=O)Nc3ccc(N4C[C@@H](C)O[C@@H](C)C4)nc3)c2C)cc1. The van der Waals surface area contributed by atoms with Crippen LogP contribution in [0.15, 0.2) is 60.8 Å². The maximum Gasteiger partial charge on any atom is 0.255 e. The van der Waals surface area contributed by atoms with Crippen LogP contribution in [0.1, 0.15) is 35.3 Å². The number of rotatable bonds is 4. The number of aryl methyl sites for hydroxylation is 1.